The van der Waals surface area contributed by atoms with E-state index in [2.05, 4.69) is 0 Å². The van der Waals surface area contributed by atoms with Crippen LogP contribution < -0.4 is 9.47 Å². The summed E-state index contributed by atoms with van der Waals surface area (Å²) < 4.78 is 10.8. The number of piperazine rings is 1. The quantitative estimate of drug-likeness (QED) is 0.558. The van der Waals surface area contributed by atoms with Gasteiger partial charge in [-0.1, -0.05) is 61.6 Å². The third kappa shape index (κ3) is 5.21. The molecule has 1 aliphatic heterocycles. The van der Waals surface area contributed by atoms with Gasteiger partial charge in [-0.25, -0.2) is 0 Å². The van der Waals surface area contributed by atoms with Crippen molar-refractivity contribution in [2.75, 3.05) is 27.3 Å². The van der Waals surface area contributed by atoms with E-state index in [0.717, 1.165) is 42.4 Å². The van der Waals surface area contributed by atoms with E-state index in [1.807, 2.05) is 54.3 Å². The maximum Gasteiger partial charge on any atom is 0.250 e. The topological polar surface area (TPSA) is 59.1 Å². The molecular formula is C28H36N2O4. The molecule has 1 unspecified atom stereocenters. The molecule has 4 rings (SSSR count). The van der Waals surface area contributed by atoms with Crippen molar-refractivity contribution >= 4 is 11.8 Å². The number of ether oxygens (including phenoxy) is 2. The van der Waals surface area contributed by atoms with E-state index in [0.29, 0.717) is 24.5 Å². The Labute approximate surface area is 202 Å². The van der Waals surface area contributed by atoms with E-state index in [4.69, 9.17) is 9.47 Å². The van der Waals surface area contributed by atoms with Gasteiger partial charge < -0.3 is 19.3 Å². The second-order valence-corrected chi connectivity index (χ2v) is 9.45. The average Bonchev–Trinajstić information content (AvgIpc) is 3.14. The summed E-state index contributed by atoms with van der Waals surface area (Å²) in [5, 5.41) is 0. The van der Waals surface area contributed by atoms with Crippen LogP contribution in [0.1, 0.15) is 61.3 Å². The Hall–Kier alpha value is -3.02. The molecule has 0 bridgehead atoms. The zero-order chi connectivity index (χ0) is 24.1. The molecule has 0 aromatic heterocycles. The molecule has 34 heavy (non-hydrogen) atoms. The molecular weight excluding hydrogens is 428 g/mol. The number of nitrogens with zero attached hydrogens (tertiary/aromatic N) is 2. The first-order chi connectivity index (χ1) is 16.5. The van der Waals surface area contributed by atoms with Crippen molar-refractivity contribution in [2.24, 2.45) is 0 Å². The van der Waals surface area contributed by atoms with Crippen LogP contribution in [0.15, 0.2) is 42.5 Å². The van der Waals surface area contributed by atoms with Crippen molar-refractivity contribution in [3.63, 3.8) is 0 Å². The van der Waals surface area contributed by atoms with Crippen LogP contribution in [0.25, 0.3) is 0 Å². The third-order valence-electron chi connectivity index (χ3n) is 7.20. The summed E-state index contributed by atoms with van der Waals surface area (Å²) in [7, 11) is 3.23. The van der Waals surface area contributed by atoms with Gasteiger partial charge in [-0.2, -0.15) is 0 Å². The van der Waals surface area contributed by atoms with Crippen molar-refractivity contribution in [1.29, 1.82) is 0 Å². The highest BCUT2D eigenvalue weighted by Crippen LogP contribution is 2.33. The number of hydrogen-bond acceptors (Lipinski definition) is 4. The molecule has 1 saturated heterocycles. The fourth-order valence-electron chi connectivity index (χ4n) is 5.24. The molecule has 1 atom stereocenters. The van der Waals surface area contributed by atoms with E-state index in [1.165, 1.54) is 12.8 Å². The summed E-state index contributed by atoms with van der Waals surface area (Å²) in [4.78, 5) is 31.0. The van der Waals surface area contributed by atoms with Crippen molar-refractivity contribution in [3.8, 4) is 11.5 Å². The number of benzene rings is 2. The molecule has 6 heteroatoms. The van der Waals surface area contributed by atoms with Crippen LogP contribution in [0.5, 0.6) is 11.5 Å². The highest BCUT2D eigenvalue weighted by molar-refractivity contribution is 5.95. The lowest BCUT2D eigenvalue weighted by Gasteiger charge is -2.43. The lowest BCUT2D eigenvalue weighted by atomic mass is 9.96. The highest BCUT2D eigenvalue weighted by Gasteiger charge is 2.42. The zero-order valence-corrected chi connectivity index (χ0v) is 20.6. The summed E-state index contributed by atoms with van der Waals surface area (Å²) in [6, 6.07) is 13.4. The fourth-order valence-corrected chi connectivity index (χ4v) is 5.24. The van der Waals surface area contributed by atoms with Crippen LogP contribution in [0.4, 0.5) is 0 Å². The molecule has 2 aromatic rings. The van der Waals surface area contributed by atoms with Crippen LogP contribution in [0.2, 0.25) is 0 Å². The standard InChI is InChI=1S/C28H36N2O4/c1-20-10-13-22(14-11-20)27-28(32)30(23-8-6-4-5-7-9-23)19-26(31)29(27)17-16-21-12-15-24(33-2)25(18-21)34-3/h10-15,18,23,27H,4-9,16-17,19H2,1-3H3. The number of rotatable bonds is 7. The minimum absolute atomic E-state index is 0.0231. The number of carbonyl (C=O) groups excluding carboxylic acids is 2. The Bertz CT molecular complexity index is 996. The van der Waals surface area contributed by atoms with E-state index < -0.39 is 6.04 Å². The highest BCUT2D eigenvalue weighted by atomic mass is 16.5. The molecule has 1 saturated carbocycles. The van der Waals surface area contributed by atoms with Crippen LogP contribution in [0, 0.1) is 6.92 Å². The number of carbonyl (C=O) groups is 2. The van der Waals surface area contributed by atoms with Crippen LogP contribution in [-0.2, 0) is 16.0 Å². The summed E-state index contributed by atoms with van der Waals surface area (Å²) in [6.45, 7) is 2.68. The second-order valence-electron chi connectivity index (χ2n) is 9.45. The Morgan fingerprint density at radius 3 is 2.21 bits per heavy atom. The Kier molecular flexibility index (Phi) is 7.76. The molecule has 2 fully saturated rings. The van der Waals surface area contributed by atoms with E-state index >= 15 is 0 Å². The SMILES string of the molecule is COc1ccc(CCN2C(=O)CN(C3CCCCCC3)C(=O)C2c2ccc(C)cc2)cc1OC. The van der Waals surface area contributed by atoms with Gasteiger partial charge in [0, 0.05) is 12.6 Å². The molecule has 2 aliphatic rings. The van der Waals surface area contributed by atoms with E-state index in [9.17, 15) is 9.59 Å². The minimum atomic E-state index is -0.578. The molecule has 6 nitrogen and oxygen atoms in total. The number of aryl methyl sites for hydroxylation is 1. The predicted molar refractivity (Wildman–Crippen MR) is 132 cm³/mol. The summed E-state index contributed by atoms with van der Waals surface area (Å²) >= 11 is 0. The number of hydrogen-bond donors (Lipinski definition) is 0. The van der Waals surface area contributed by atoms with Gasteiger partial charge in [0.2, 0.25) is 5.91 Å². The first-order valence-electron chi connectivity index (χ1n) is 12.4. The van der Waals surface area contributed by atoms with Gasteiger partial charge >= 0.3 is 0 Å². The molecule has 0 radical (unpaired) electrons. The minimum Gasteiger partial charge on any atom is -0.493 e. The molecule has 0 N–H and O–H groups in total. The molecule has 2 aromatic carbocycles. The number of amides is 2. The summed E-state index contributed by atoms with van der Waals surface area (Å²) in [5.41, 5.74) is 3.05. The van der Waals surface area contributed by atoms with Crippen LogP contribution in [0.3, 0.4) is 0 Å². The smallest absolute Gasteiger partial charge is 0.250 e. The Morgan fingerprint density at radius 1 is 0.882 bits per heavy atom. The van der Waals surface area contributed by atoms with Gasteiger partial charge in [0.05, 0.1) is 14.2 Å². The first kappa shape index (κ1) is 24.1. The van der Waals surface area contributed by atoms with E-state index in [1.54, 1.807) is 19.1 Å². The molecule has 0 spiro atoms. The molecule has 1 heterocycles. The Balaban J connectivity index is 1.59. The van der Waals surface area contributed by atoms with Crippen molar-refractivity contribution in [3.05, 3.63) is 59.2 Å². The molecule has 1 aliphatic carbocycles. The lowest BCUT2D eigenvalue weighted by molar-refractivity contribution is -0.158. The van der Waals surface area contributed by atoms with Crippen molar-refractivity contribution in [2.45, 2.75) is 64.0 Å². The Morgan fingerprint density at radius 2 is 1.56 bits per heavy atom. The summed E-state index contributed by atoms with van der Waals surface area (Å²) in [6.07, 6.45) is 7.29. The molecule has 182 valence electrons. The number of methoxy groups -OCH3 is 2. The third-order valence-corrected chi connectivity index (χ3v) is 7.20. The van der Waals surface area contributed by atoms with Gasteiger partial charge in [0.1, 0.15) is 12.6 Å². The van der Waals surface area contributed by atoms with Gasteiger partial charge in [-0.15, -0.1) is 0 Å². The van der Waals surface area contributed by atoms with Crippen LogP contribution >= 0.6 is 0 Å². The largest absolute Gasteiger partial charge is 0.493 e. The van der Waals surface area contributed by atoms with Gasteiger partial charge in [-0.3, -0.25) is 9.59 Å². The average molecular weight is 465 g/mol. The normalized spacial score (nSPS) is 19.8. The van der Waals surface area contributed by atoms with Crippen molar-refractivity contribution in [1.82, 2.24) is 9.80 Å². The lowest BCUT2D eigenvalue weighted by Crippen LogP contribution is -2.58. The fraction of sp³-hybridized carbons (Fsp3) is 0.500. The van der Waals surface area contributed by atoms with E-state index in [-0.39, 0.29) is 24.4 Å². The zero-order valence-electron chi connectivity index (χ0n) is 20.6. The predicted octanol–water partition coefficient (Wildman–Crippen LogP) is 4.69. The molecule has 2 amide bonds. The van der Waals surface area contributed by atoms with Crippen LogP contribution in [-0.4, -0.2) is 55.0 Å². The maximum atomic E-state index is 13.9. The second kappa shape index (κ2) is 10.9. The monoisotopic (exact) mass is 464 g/mol. The van der Waals surface area contributed by atoms with Gasteiger partial charge in [0.25, 0.3) is 5.91 Å². The maximum absolute atomic E-state index is 13.9. The summed E-state index contributed by atoms with van der Waals surface area (Å²) in [5.74, 6) is 1.42. The van der Waals surface area contributed by atoms with Gasteiger partial charge in [-0.05, 0) is 49.4 Å². The van der Waals surface area contributed by atoms with Gasteiger partial charge in [0.15, 0.2) is 11.5 Å². The van der Waals surface area contributed by atoms with Crippen molar-refractivity contribution < 1.29 is 19.1 Å². The first-order valence-corrected chi connectivity index (χ1v) is 12.4.